The number of likely N-dealkylation sites (tertiary alicyclic amines) is 1. The van der Waals surface area contributed by atoms with Crippen LogP contribution in [0.3, 0.4) is 0 Å². The second-order valence-corrected chi connectivity index (χ2v) is 11.6. The van der Waals surface area contributed by atoms with Crippen molar-refractivity contribution in [3.63, 3.8) is 0 Å². The lowest BCUT2D eigenvalue weighted by Gasteiger charge is -2.38. The molecule has 2 bridgehead atoms. The third-order valence-corrected chi connectivity index (χ3v) is 9.82. The lowest BCUT2D eigenvalue weighted by Crippen LogP contribution is -2.56. The molecule has 0 saturated carbocycles. The predicted molar refractivity (Wildman–Crippen MR) is 133 cm³/mol. The van der Waals surface area contributed by atoms with Gasteiger partial charge in [0.15, 0.2) is 0 Å². The Morgan fingerprint density at radius 1 is 1.18 bits per heavy atom. The van der Waals surface area contributed by atoms with Gasteiger partial charge in [0.1, 0.15) is 6.04 Å². The van der Waals surface area contributed by atoms with Crippen LogP contribution in [0.1, 0.15) is 26.7 Å². The first-order valence-electron chi connectivity index (χ1n) is 11.9. The number of anilines is 1. The van der Waals surface area contributed by atoms with Crippen molar-refractivity contribution >= 4 is 45.9 Å². The van der Waals surface area contributed by atoms with Crippen LogP contribution in [0.15, 0.2) is 42.5 Å². The maximum absolute atomic E-state index is 13.9. The zero-order valence-electron chi connectivity index (χ0n) is 19.7. The molecule has 3 aliphatic rings. The topological polar surface area (TPSA) is 98.7 Å². The number of nitrogens with one attached hydrogen (secondary N) is 2. The summed E-state index contributed by atoms with van der Waals surface area (Å²) >= 11 is 1.63. The highest BCUT2D eigenvalue weighted by molar-refractivity contribution is 8.02. The number of hydrogen-bond donors (Lipinski definition) is 3. The molecule has 0 aromatic heterocycles. The Labute approximate surface area is 203 Å². The molecule has 2 aromatic rings. The average molecular weight is 482 g/mol. The van der Waals surface area contributed by atoms with Crippen molar-refractivity contribution in [2.75, 3.05) is 19.0 Å². The minimum atomic E-state index is -0.749. The van der Waals surface area contributed by atoms with Crippen LogP contribution in [0.2, 0.25) is 0 Å². The summed E-state index contributed by atoms with van der Waals surface area (Å²) in [6.07, 6.45) is 1.50. The van der Waals surface area contributed by atoms with E-state index in [1.54, 1.807) is 23.7 Å². The number of amides is 3. The zero-order valence-corrected chi connectivity index (χ0v) is 20.5. The van der Waals surface area contributed by atoms with Gasteiger partial charge in [0.2, 0.25) is 17.7 Å². The summed E-state index contributed by atoms with van der Waals surface area (Å²) in [5.74, 6) is -1.63. The molecule has 0 aliphatic carbocycles. The van der Waals surface area contributed by atoms with Gasteiger partial charge in [0, 0.05) is 18.0 Å². The molecule has 3 aliphatic heterocycles. The molecule has 6 atom stereocenters. The SMILES string of the molecule is CNC(=O)[C@@H]1[C@H]2C(=O)N([C@@H](CO)C(C)C)C(C(=O)Nc3ccc4ccccc4c3)C23CC[C@H]1S3. The number of carbonyl (C=O) groups is 3. The van der Waals surface area contributed by atoms with Gasteiger partial charge in [0.25, 0.3) is 0 Å². The largest absolute Gasteiger partial charge is 0.394 e. The Kier molecular flexibility index (Phi) is 5.84. The standard InChI is InChI=1S/C26H31N3O4S/c1-14(2)18(13-30)29-22(24(32)28-17-9-8-15-6-4-5-7-16(15)12-17)26-11-10-19(34-26)20(23(31)27-3)21(26)25(29)33/h4-9,12,14,18-22,30H,10-11,13H2,1-3H3,(H,27,31)(H,28,32)/t18-,19+,20-,21-,22?,26?/m0/s1. The molecule has 2 aromatic carbocycles. The van der Waals surface area contributed by atoms with E-state index >= 15 is 0 Å². The second-order valence-electron chi connectivity index (χ2n) is 9.96. The van der Waals surface area contributed by atoms with Crippen molar-refractivity contribution in [2.45, 2.75) is 48.8 Å². The Morgan fingerprint density at radius 3 is 2.59 bits per heavy atom. The van der Waals surface area contributed by atoms with E-state index in [1.165, 1.54) is 0 Å². The summed E-state index contributed by atoms with van der Waals surface area (Å²) < 4.78 is -0.665. The van der Waals surface area contributed by atoms with Crippen molar-refractivity contribution in [3.8, 4) is 0 Å². The number of thioether (sulfide) groups is 1. The quantitative estimate of drug-likeness (QED) is 0.589. The normalized spacial score (nSPS) is 30.6. The lowest BCUT2D eigenvalue weighted by atomic mass is 9.70. The third kappa shape index (κ3) is 3.33. The van der Waals surface area contributed by atoms with Gasteiger partial charge in [-0.25, -0.2) is 0 Å². The number of aliphatic hydroxyl groups excluding tert-OH is 1. The number of carbonyl (C=O) groups excluding carboxylic acids is 3. The minimum absolute atomic E-state index is 0.0265. The molecule has 3 amide bonds. The lowest BCUT2D eigenvalue weighted by molar-refractivity contribution is -0.142. The summed E-state index contributed by atoms with van der Waals surface area (Å²) in [6, 6.07) is 12.5. The number of rotatable bonds is 6. The van der Waals surface area contributed by atoms with Crippen LogP contribution in [0.5, 0.6) is 0 Å². The van der Waals surface area contributed by atoms with E-state index < -0.39 is 28.7 Å². The van der Waals surface area contributed by atoms with Gasteiger partial charge in [0.05, 0.1) is 29.2 Å². The second kappa shape index (κ2) is 8.57. The molecule has 8 heteroatoms. The van der Waals surface area contributed by atoms with Crippen LogP contribution in [-0.2, 0) is 14.4 Å². The number of hydrogen-bond acceptors (Lipinski definition) is 5. The van der Waals surface area contributed by atoms with E-state index in [2.05, 4.69) is 10.6 Å². The Morgan fingerprint density at radius 2 is 1.91 bits per heavy atom. The summed E-state index contributed by atoms with van der Waals surface area (Å²) in [5, 5.41) is 18.1. The van der Waals surface area contributed by atoms with Crippen molar-refractivity contribution < 1.29 is 19.5 Å². The van der Waals surface area contributed by atoms with E-state index in [1.807, 2.05) is 56.3 Å². The van der Waals surface area contributed by atoms with Crippen molar-refractivity contribution in [3.05, 3.63) is 42.5 Å². The summed E-state index contributed by atoms with van der Waals surface area (Å²) in [6.45, 7) is 3.66. The van der Waals surface area contributed by atoms with Crippen LogP contribution < -0.4 is 10.6 Å². The van der Waals surface area contributed by atoms with Crippen molar-refractivity contribution in [2.24, 2.45) is 17.8 Å². The highest BCUT2D eigenvalue weighted by Gasteiger charge is 2.74. The van der Waals surface area contributed by atoms with Crippen LogP contribution in [0.4, 0.5) is 5.69 Å². The van der Waals surface area contributed by atoms with Crippen LogP contribution in [0, 0.1) is 17.8 Å². The van der Waals surface area contributed by atoms with E-state index in [-0.39, 0.29) is 35.5 Å². The van der Waals surface area contributed by atoms with Gasteiger partial charge in [-0.2, -0.15) is 0 Å². The monoisotopic (exact) mass is 481 g/mol. The van der Waals surface area contributed by atoms with Gasteiger partial charge in [-0.1, -0.05) is 44.2 Å². The molecular weight excluding hydrogens is 450 g/mol. The summed E-state index contributed by atoms with van der Waals surface area (Å²) in [7, 11) is 1.59. The van der Waals surface area contributed by atoms with Crippen LogP contribution in [0.25, 0.3) is 10.8 Å². The molecule has 3 N–H and O–H groups in total. The maximum Gasteiger partial charge on any atom is 0.248 e. The van der Waals surface area contributed by atoms with E-state index in [9.17, 15) is 19.5 Å². The number of fused-ring (bicyclic) bond motifs is 2. The number of benzene rings is 2. The predicted octanol–water partition coefficient (Wildman–Crippen LogP) is 2.63. The molecule has 3 fully saturated rings. The van der Waals surface area contributed by atoms with Crippen molar-refractivity contribution in [1.82, 2.24) is 10.2 Å². The fourth-order valence-corrected chi connectivity index (χ4v) is 8.52. The van der Waals surface area contributed by atoms with Gasteiger partial charge in [-0.3, -0.25) is 14.4 Å². The smallest absolute Gasteiger partial charge is 0.248 e. The molecule has 7 nitrogen and oxygen atoms in total. The first-order chi connectivity index (χ1) is 16.3. The molecular formula is C26H31N3O4S. The molecule has 5 rings (SSSR count). The summed E-state index contributed by atoms with van der Waals surface area (Å²) in [4.78, 5) is 42.2. The van der Waals surface area contributed by atoms with Gasteiger partial charge in [-0.05, 0) is 41.7 Å². The molecule has 2 unspecified atom stereocenters. The Balaban J connectivity index is 1.55. The average Bonchev–Trinajstić information content (AvgIpc) is 3.46. The highest BCUT2D eigenvalue weighted by atomic mass is 32.2. The maximum atomic E-state index is 13.9. The fourth-order valence-electron chi connectivity index (χ4n) is 6.31. The van der Waals surface area contributed by atoms with E-state index in [0.717, 1.165) is 17.2 Å². The summed E-state index contributed by atoms with van der Waals surface area (Å²) in [5.41, 5.74) is 0.668. The van der Waals surface area contributed by atoms with Gasteiger partial charge in [-0.15, -0.1) is 11.8 Å². The van der Waals surface area contributed by atoms with E-state index in [0.29, 0.717) is 12.1 Å². The molecule has 34 heavy (non-hydrogen) atoms. The van der Waals surface area contributed by atoms with Crippen molar-refractivity contribution in [1.29, 1.82) is 0 Å². The fraction of sp³-hybridized carbons (Fsp3) is 0.500. The minimum Gasteiger partial charge on any atom is -0.394 e. The van der Waals surface area contributed by atoms with Crippen LogP contribution in [-0.4, -0.2) is 63.5 Å². The number of nitrogens with zero attached hydrogens (tertiary/aromatic N) is 1. The first-order valence-corrected chi connectivity index (χ1v) is 12.8. The Bertz CT molecular complexity index is 1150. The van der Waals surface area contributed by atoms with Gasteiger partial charge >= 0.3 is 0 Å². The first kappa shape index (κ1) is 23.2. The molecule has 3 saturated heterocycles. The molecule has 3 heterocycles. The molecule has 1 spiro atoms. The highest BCUT2D eigenvalue weighted by Crippen LogP contribution is 2.66. The number of aliphatic hydroxyl groups is 1. The van der Waals surface area contributed by atoms with Gasteiger partial charge < -0.3 is 20.6 Å². The van der Waals surface area contributed by atoms with Crippen LogP contribution >= 0.6 is 11.8 Å². The molecule has 180 valence electrons. The third-order valence-electron chi connectivity index (χ3n) is 7.87. The Hall–Kier alpha value is -2.58. The van der Waals surface area contributed by atoms with E-state index in [4.69, 9.17) is 0 Å². The zero-order chi connectivity index (χ0) is 24.2. The molecule has 0 radical (unpaired) electrons.